The van der Waals surface area contributed by atoms with E-state index in [1.807, 2.05) is 30.5 Å². The molecule has 1 aliphatic rings. The molecule has 2 heterocycles. The number of pyridine rings is 1. The van der Waals surface area contributed by atoms with Gasteiger partial charge in [-0.2, -0.15) is 0 Å². The van der Waals surface area contributed by atoms with Crippen molar-refractivity contribution >= 4 is 17.4 Å². The summed E-state index contributed by atoms with van der Waals surface area (Å²) in [4.78, 5) is 19.5. The van der Waals surface area contributed by atoms with Crippen LogP contribution in [0.3, 0.4) is 0 Å². The highest BCUT2D eigenvalue weighted by atomic mass is 16.1. The van der Waals surface area contributed by atoms with Crippen molar-refractivity contribution in [2.24, 2.45) is 5.92 Å². The summed E-state index contributed by atoms with van der Waals surface area (Å²) in [6, 6.07) is 12.2. The Morgan fingerprint density at radius 2 is 1.89 bits per heavy atom. The first kappa shape index (κ1) is 19.2. The molecule has 27 heavy (non-hydrogen) atoms. The van der Waals surface area contributed by atoms with Gasteiger partial charge in [-0.25, -0.2) is 4.98 Å². The highest BCUT2D eigenvalue weighted by Crippen LogP contribution is 2.26. The zero-order valence-electron chi connectivity index (χ0n) is 16.9. The molecule has 0 unspecified atom stereocenters. The highest BCUT2D eigenvalue weighted by molar-refractivity contribution is 6.04. The van der Waals surface area contributed by atoms with E-state index in [-0.39, 0.29) is 17.2 Å². The van der Waals surface area contributed by atoms with Crippen molar-refractivity contribution in [3.63, 3.8) is 0 Å². The van der Waals surface area contributed by atoms with Crippen LogP contribution in [-0.2, 0) is 10.2 Å². The summed E-state index contributed by atoms with van der Waals surface area (Å²) in [5.41, 5.74) is 4.21. The minimum absolute atomic E-state index is 0.0107. The van der Waals surface area contributed by atoms with Gasteiger partial charge in [0.05, 0.1) is 0 Å². The summed E-state index contributed by atoms with van der Waals surface area (Å²) in [5.74, 6) is 1.13. The average Bonchev–Trinajstić information content (AvgIpc) is 2.61. The molecule has 1 aliphatic heterocycles. The van der Waals surface area contributed by atoms with Gasteiger partial charge < -0.3 is 10.2 Å². The number of hydrogen-bond acceptors (Lipinski definition) is 3. The molecule has 1 aromatic heterocycles. The Bertz CT molecular complexity index is 847. The molecule has 0 bridgehead atoms. The second-order valence-electron chi connectivity index (χ2n) is 8.39. The Hall–Kier alpha value is -2.62. The molecular weight excluding hydrogens is 334 g/mol. The number of rotatable bonds is 3. The van der Waals surface area contributed by atoms with Gasteiger partial charge in [-0.15, -0.1) is 0 Å². The Morgan fingerprint density at radius 1 is 1.19 bits per heavy atom. The lowest BCUT2D eigenvalue weighted by atomic mass is 9.87. The van der Waals surface area contributed by atoms with Gasteiger partial charge in [-0.3, -0.25) is 4.79 Å². The van der Waals surface area contributed by atoms with Crippen LogP contribution < -0.4 is 10.2 Å². The number of benzene rings is 1. The third-order valence-electron chi connectivity index (χ3n) is 5.11. The number of aromatic nitrogens is 1. The maximum absolute atomic E-state index is 12.8. The molecule has 3 rings (SSSR count). The SMILES string of the molecule is Cc1cccnc1N1CC=C(C(=O)Nc2ccc(C(C)(C)C)cc2)[C@@H](C)C1. The van der Waals surface area contributed by atoms with Crippen LogP contribution in [0.1, 0.15) is 38.8 Å². The van der Waals surface area contributed by atoms with Gasteiger partial charge in [0.1, 0.15) is 5.82 Å². The zero-order chi connectivity index (χ0) is 19.6. The van der Waals surface area contributed by atoms with E-state index in [4.69, 9.17) is 0 Å². The van der Waals surface area contributed by atoms with Crippen LogP contribution in [0.2, 0.25) is 0 Å². The fraction of sp³-hybridized carbons (Fsp3) is 0.391. The van der Waals surface area contributed by atoms with E-state index in [0.717, 1.165) is 29.2 Å². The topological polar surface area (TPSA) is 45.2 Å². The molecule has 1 atom stereocenters. The summed E-state index contributed by atoms with van der Waals surface area (Å²) >= 11 is 0. The lowest BCUT2D eigenvalue weighted by Gasteiger charge is -2.32. The molecule has 1 N–H and O–H groups in total. The van der Waals surface area contributed by atoms with Crippen LogP contribution in [-0.4, -0.2) is 24.0 Å². The minimum atomic E-state index is -0.0107. The molecule has 2 aromatic rings. The zero-order valence-corrected chi connectivity index (χ0v) is 16.9. The fourth-order valence-electron chi connectivity index (χ4n) is 3.47. The molecule has 0 saturated carbocycles. The average molecular weight is 364 g/mol. The standard InChI is InChI=1S/C23H29N3O/c1-16-7-6-13-24-21(16)26-14-12-20(17(2)15-26)22(27)25-19-10-8-18(9-11-19)23(3,4)5/h6-13,17H,14-15H2,1-5H3,(H,25,27)/t17-/m0/s1. The van der Waals surface area contributed by atoms with Gasteiger partial charge in [0.25, 0.3) is 5.91 Å². The van der Waals surface area contributed by atoms with E-state index in [9.17, 15) is 4.79 Å². The minimum Gasteiger partial charge on any atom is -0.352 e. The number of nitrogens with one attached hydrogen (secondary N) is 1. The van der Waals surface area contributed by atoms with Crippen molar-refractivity contribution < 1.29 is 4.79 Å². The van der Waals surface area contributed by atoms with Crippen LogP contribution in [0.4, 0.5) is 11.5 Å². The summed E-state index contributed by atoms with van der Waals surface area (Å²) < 4.78 is 0. The first-order chi connectivity index (χ1) is 12.8. The number of aryl methyl sites for hydroxylation is 1. The third-order valence-corrected chi connectivity index (χ3v) is 5.11. The van der Waals surface area contributed by atoms with Crippen LogP contribution in [0.5, 0.6) is 0 Å². The summed E-state index contributed by atoms with van der Waals surface area (Å²) in [5, 5.41) is 3.05. The predicted molar refractivity (Wildman–Crippen MR) is 112 cm³/mol. The van der Waals surface area contributed by atoms with Gasteiger partial charge in [0.2, 0.25) is 0 Å². The van der Waals surface area contributed by atoms with Crippen molar-refractivity contribution in [1.82, 2.24) is 4.98 Å². The Kier molecular flexibility index (Phi) is 5.36. The molecule has 142 valence electrons. The summed E-state index contributed by atoms with van der Waals surface area (Å²) in [6.07, 6.45) is 3.85. The molecule has 4 heteroatoms. The van der Waals surface area contributed by atoms with Crippen molar-refractivity contribution in [3.8, 4) is 0 Å². The number of carbonyl (C=O) groups excluding carboxylic acids is 1. The van der Waals surface area contributed by atoms with E-state index in [0.29, 0.717) is 6.54 Å². The molecule has 0 radical (unpaired) electrons. The van der Waals surface area contributed by atoms with Crippen molar-refractivity contribution in [2.45, 2.75) is 40.0 Å². The number of carbonyl (C=O) groups is 1. The number of nitrogens with zero attached hydrogens (tertiary/aromatic N) is 2. The van der Waals surface area contributed by atoms with Gasteiger partial charge >= 0.3 is 0 Å². The van der Waals surface area contributed by atoms with E-state index in [1.54, 1.807) is 0 Å². The van der Waals surface area contributed by atoms with Crippen LogP contribution >= 0.6 is 0 Å². The molecule has 1 aromatic carbocycles. The van der Waals surface area contributed by atoms with E-state index >= 15 is 0 Å². The first-order valence-corrected chi connectivity index (χ1v) is 9.54. The number of anilines is 2. The van der Waals surface area contributed by atoms with Crippen LogP contribution in [0.25, 0.3) is 0 Å². The second-order valence-corrected chi connectivity index (χ2v) is 8.39. The molecule has 1 amide bonds. The smallest absolute Gasteiger partial charge is 0.251 e. The van der Waals surface area contributed by atoms with E-state index < -0.39 is 0 Å². The van der Waals surface area contributed by atoms with E-state index in [1.165, 1.54) is 5.56 Å². The van der Waals surface area contributed by atoms with Crippen molar-refractivity contribution in [1.29, 1.82) is 0 Å². The van der Waals surface area contributed by atoms with Gasteiger partial charge in [-0.1, -0.05) is 52.0 Å². The van der Waals surface area contributed by atoms with Gasteiger partial charge in [0.15, 0.2) is 0 Å². The molecule has 0 spiro atoms. The van der Waals surface area contributed by atoms with Gasteiger partial charge in [0, 0.05) is 36.5 Å². The Labute approximate surface area is 162 Å². The summed E-state index contributed by atoms with van der Waals surface area (Å²) in [7, 11) is 0. The largest absolute Gasteiger partial charge is 0.352 e. The Balaban J connectivity index is 1.69. The maximum atomic E-state index is 12.8. The normalized spacial score (nSPS) is 17.4. The monoisotopic (exact) mass is 363 g/mol. The third kappa shape index (κ3) is 4.38. The molecule has 4 nitrogen and oxygen atoms in total. The highest BCUT2D eigenvalue weighted by Gasteiger charge is 2.25. The van der Waals surface area contributed by atoms with E-state index in [2.05, 4.69) is 68.0 Å². The van der Waals surface area contributed by atoms with Gasteiger partial charge in [-0.05, 0) is 41.7 Å². The lowest BCUT2D eigenvalue weighted by Crippen LogP contribution is -2.37. The van der Waals surface area contributed by atoms with Crippen molar-refractivity contribution in [3.05, 3.63) is 65.4 Å². The first-order valence-electron chi connectivity index (χ1n) is 9.54. The number of amides is 1. The molecule has 0 aliphatic carbocycles. The molecule has 0 saturated heterocycles. The summed E-state index contributed by atoms with van der Waals surface area (Å²) in [6.45, 7) is 12.2. The second kappa shape index (κ2) is 7.55. The maximum Gasteiger partial charge on any atom is 0.251 e. The fourth-order valence-corrected chi connectivity index (χ4v) is 3.47. The predicted octanol–water partition coefficient (Wildman–Crippen LogP) is 4.71. The quantitative estimate of drug-likeness (QED) is 0.859. The number of hydrogen-bond donors (Lipinski definition) is 1. The Morgan fingerprint density at radius 3 is 2.48 bits per heavy atom. The molecular formula is C23H29N3O. The van der Waals surface area contributed by atoms with Crippen LogP contribution in [0.15, 0.2) is 54.2 Å². The lowest BCUT2D eigenvalue weighted by molar-refractivity contribution is -0.113. The van der Waals surface area contributed by atoms with Crippen LogP contribution in [0, 0.1) is 12.8 Å². The van der Waals surface area contributed by atoms with Crippen molar-refractivity contribution in [2.75, 3.05) is 23.3 Å². The molecule has 0 fully saturated rings.